The Morgan fingerprint density at radius 3 is 2.21 bits per heavy atom. The number of rotatable bonds is 2. The van der Waals surface area contributed by atoms with Gasteiger partial charge < -0.3 is 0 Å². The predicted molar refractivity (Wildman–Crippen MR) is 78.8 cm³/mol. The summed E-state index contributed by atoms with van der Waals surface area (Å²) in [6, 6.07) is 20.7. The third kappa shape index (κ3) is 2.13. The van der Waals surface area contributed by atoms with Gasteiger partial charge in [0.15, 0.2) is 5.78 Å². The molecule has 0 heterocycles. The fraction of sp³-hybridized carbons (Fsp3) is 0. The van der Waals surface area contributed by atoms with Crippen molar-refractivity contribution in [3.05, 3.63) is 82.9 Å². The van der Waals surface area contributed by atoms with Crippen molar-refractivity contribution in [3.63, 3.8) is 0 Å². The fourth-order valence-corrected chi connectivity index (χ4v) is 2.44. The lowest BCUT2D eigenvalue weighted by Crippen LogP contribution is -2.02. The Hall–Kier alpha value is -2.12. The van der Waals surface area contributed by atoms with Gasteiger partial charge in [0.1, 0.15) is 0 Å². The normalized spacial score (nSPS) is 10.6. The van der Waals surface area contributed by atoms with Gasteiger partial charge in [0.25, 0.3) is 0 Å². The van der Waals surface area contributed by atoms with Crippen LogP contribution in [0.4, 0.5) is 0 Å². The van der Waals surface area contributed by atoms with Gasteiger partial charge in [0, 0.05) is 11.1 Å². The number of carbonyl (C=O) groups excluding carboxylic acids is 1. The second-order valence-electron chi connectivity index (χ2n) is 4.34. The molecule has 0 unspecified atom stereocenters. The van der Waals surface area contributed by atoms with Crippen LogP contribution < -0.4 is 0 Å². The van der Waals surface area contributed by atoms with Gasteiger partial charge in [0.2, 0.25) is 0 Å². The van der Waals surface area contributed by atoms with Crippen molar-refractivity contribution in [2.75, 3.05) is 0 Å². The first-order chi connectivity index (χ1) is 9.27. The van der Waals surface area contributed by atoms with Crippen molar-refractivity contribution in [2.24, 2.45) is 0 Å². The van der Waals surface area contributed by atoms with Gasteiger partial charge in [-0.25, -0.2) is 0 Å². The molecule has 0 fully saturated rings. The van der Waals surface area contributed by atoms with Crippen LogP contribution >= 0.6 is 11.6 Å². The highest BCUT2D eigenvalue weighted by molar-refractivity contribution is 6.35. The lowest BCUT2D eigenvalue weighted by molar-refractivity contribution is 0.104. The zero-order chi connectivity index (χ0) is 13.2. The number of ketones is 1. The monoisotopic (exact) mass is 266 g/mol. The van der Waals surface area contributed by atoms with Crippen molar-refractivity contribution in [2.45, 2.75) is 0 Å². The van der Waals surface area contributed by atoms with E-state index in [-0.39, 0.29) is 5.78 Å². The lowest BCUT2D eigenvalue weighted by atomic mass is 9.97. The van der Waals surface area contributed by atoms with Crippen LogP contribution in [0, 0.1) is 0 Å². The highest BCUT2D eigenvalue weighted by Crippen LogP contribution is 2.24. The summed E-state index contributed by atoms with van der Waals surface area (Å²) in [5.74, 6) is -0.0394. The van der Waals surface area contributed by atoms with E-state index < -0.39 is 0 Å². The minimum atomic E-state index is -0.0394. The number of hydrogen-bond donors (Lipinski definition) is 0. The van der Waals surface area contributed by atoms with Crippen LogP contribution in [-0.4, -0.2) is 5.78 Å². The molecule has 0 atom stereocenters. The molecule has 3 aromatic rings. The van der Waals surface area contributed by atoms with Crippen molar-refractivity contribution in [1.29, 1.82) is 0 Å². The van der Waals surface area contributed by atoms with Crippen LogP contribution in [0.15, 0.2) is 66.7 Å². The van der Waals surface area contributed by atoms with Gasteiger partial charge in [0.05, 0.1) is 5.02 Å². The molecule has 2 heteroatoms. The van der Waals surface area contributed by atoms with Gasteiger partial charge in [-0.15, -0.1) is 0 Å². The molecule has 0 saturated heterocycles. The standard InChI is InChI=1S/C17H11ClO/c18-16-11-4-3-9-15(16)17(19)14-10-5-7-12-6-1-2-8-13(12)14/h1-11H. The summed E-state index contributed by atoms with van der Waals surface area (Å²) in [6.07, 6.45) is 0. The first-order valence-corrected chi connectivity index (χ1v) is 6.42. The largest absolute Gasteiger partial charge is 0.289 e. The van der Waals surface area contributed by atoms with Crippen LogP contribution in [0.2, 0.25) is 5.02 Å². The second-order valence-corrected chi connectivity index (χ2v) is 4.74. The van der Waals surface area contributed by atoms with Crippen LogP contribution in [-0.2, 0) is 0 Å². The summed E-state index contributed by atoms with van der Waals surface area (Å²) in [5, 5.41) is 2.50. The molecule has 3 rings (SSSR count). The van der Waals surface area contributed by atoms with Crippen molar-refractivity contribution in [1.82, 2.24) is 0 Å². The third-order valence-corrected chi connectivity index (χ3v) is 3.48. The second kappa shape index (κ2) is 4.87. The van der Waals surface area contributed by atoms with E-state index in [1.165, 1.54) is 0 Å². The van der Waals surface area contributed by atoms with Crippen molar-refractivity contribution >= 4 is 28.2 Å². The summed E-state index contributed by atoms with van der Waals surface area (Å²) < 4.78 is 0. The maximum Gasteiger partial charge on any atom is 0.195 e. The minimum Gasteiger partial charge on any atom is -0.289 e. The van der Waals surface area contributed by atoms with Crippen LogP contribution in [0.5, 0.6) is 0 Å². The van der Waals surface area contributed by atoms with Gasteiger partial charge in [-0.1, -0.05) is 66.2 Å². The van der Waals surface area contributed by atoms with E-state index in [1.807, 2.05) is 54.6 Å². The van der Waals surface area contributed by atoms with E-state index in [0.717, 1.165) is 10.8 Å². The topological polar surface area (TPSA) is 17.1 Å². The highest BCUT2D eigenvalue weighted by atomic mass is 35.5. The molecule has 3 aromatic carbocycles. The van der Waals surface area contributed by atoms with E-state index in [2.05, 4.69) is 0 Å². The van der Waals surface area contributed by atoms with Crippen LogP contribution in [0.25, 0.3) is 10.8 Å². The molecule has 0 aliphatic heterocycles. The van der Waals surface area contributed by atoms with Crippen molar-refractivity contribution < 1.29 is 4.79 Å². The number of benzene rings is 3. The van der Waals surface area contributed by atoms with Gasteiger partial charge in [-0.05, 0) is 22.9 Å². The highest BCUT2D eigenvalue weighted by Gasteiger charge is 2.14. The molecular weight excluding hydrogens is 256 g/mol. The molecule has 0 saturated carbocycles. The van der Waals surface area contributed by atoms with Gasteiger partial charge in [-0.2, -0.15) is 0 Å². The van der Waals surface area contributed by atoms with E-state index in [9.17, 15) is 4.79 Å². The molecular formula is C17H11ClO. The first kappa shape index (κ1) is 11.9. The first-order valence-electron chi connectivity index (χ1n) is 6.04. The smallest absolute Gasteiger partial charge is 0.195 e. The van der Waals surface area contributed by atoms with Crippen molar-refractivity contribution in [3.8, 4) is 0 Å². The number of fused-ring (bicyclic) bond motifs is 1. The number of halogens is 1. The Morgan fingerprint density at radius 1 is 0.737 bits per heavy atom. The van der Waals surface area contributed by atoms with Crippen LogP contribution in [0.1, 0.15) is 15.9 Å². The maximum absolute atomic E-state index is 12.6. The molecule has 1 nitrogen and oxygen atoms in total. The molecule has 19 heavy (non-hydrogen) atoms. The lowest BCUT2D eigenvalue weighted by Gasteiger charge is -2.07. The van der Waals surface area contributed by atoms with E-state index in [0.29, 0.717) is 16.1 Å². The average molecular weight is 267 g/mol. The predicted octanol–water partition coefficient (Wildman–Crippen LogP) is 4.72. The summed E-state index contributed by atoms with van der Waals surface area (Å²) in [6.45, 7) is 0. The quantitative estimate of drug-likeness (QED) is 0.613. The summed E-state index contributed by atoms with van der Waals surface area (Å²) >= 11 is 6.10. The molecule has 0 bridgehead atoms. The Balaban J connectivity index is 2.20. The van der Waals surface area contributed by atoms with E-state index in [1.54, 1.807) is 12.1 Å². The Morgan fingerprint density at radius 2 is 1.37 bits per heavy atom. The summed E-state index contributed by atoms with van der Waals surface area (Å²) in [7, 11) is 0. The molecule has 92 valence electrons. The summed E-state index contributed by atoms with van der Waals surface area (Å²) in [5.41, 5.74) is 1.23. The third-order valence-electron chi connectivity index (χ3n) is 3.15. The molecule has 0 aromatic heterocycles. The SMILES string of the molecule is O=C(c1ccccc1Cl)c1cccc2ccccc12. The molecule has 0 N–H and O–H groups in total. The molecule has 0 radical (unpaired) electrons. The maximum atomic E-state index is 12.6. The molecule has 0 aliphatic carbocycles. The van der Waals surface area contributed by atoms with Crippen LogP contribution in [0.3, 0.4) is 0 Å². The Kier molecular flexibility index (Phi) is 3.06. The number of hydrogen-bond acceptors (Lipinski definition) is 1. The fourth-order valence-electron chi connectivity index (χ4n) is 2.21. The van der Waals surface area contributed by atoms with E-state index in [4.69, 9.17) is 11.6 Å². The van der Waals surface area contributed by atoms with E-state index >= 15 is 0 Å². The average Bonchev–Trinajstić information content (AvgIpc) is 2.46. The Bertz CT molecular complexity index is 757. The minimum absolute atomic E-state index is 0.0394. The molecule has 0 amide bonds. The molecule has 0 aliphatic rings. The zero-order valence-corrected chi connectivity index (χ0v) is 10.9. The Labute approximate surface area is 116 Å². The van der Waals surface area contributed by atoms with Gasteiger partial charge in [-0.3, -0.25) is 4.79 Å². The summed E-state index contributed by atoms with van der Waals surface area (Å²) in [4.78, 5) is 12.6. The molecule has 0 spiro atoms. The zero-order valence-electron chi connectivity index (χ0n) is 10.1. The number of carbonyl (C=O) groups is 1. The van der Waals surface area contributed by atoms with Gasteiger partial charge >= 0.3 is 0 Å².